The maximum absolute atomic E-state index is 12.4. The van der Waals surface area contributed by atoms with Gasteiger partial charge in [-0.1, -0.05) is 11.6 Å². The first-order valence-corrected chi connectivity index (χ1v) is 7.91. The monoisotopic (exact) mass is 305 g/mol. The van der Waals surface area contributed by atoms with Gasteiger partial charge in [0.25, 0.3) is 0 Å². The molecule has 6 nitrogen and oxygen atoms in total. The molecule has 2 atom stereocenters. The molecule has 0 radical (unpaired) electrons. The quantitative estimate of drug-likeness (QED) is 0.851. The summed E-state index contributed by atoms with van der Waals surface area (Å²) in [6, 6.07) is 0. The second-order valence-corrected chi connectivity index (χ2v) is 6.16. The molecule has 1 saturated heterocycles. The molecule has 0 bridgehead atoms. The summed E-state index contributed by atoms with van der Waals surface area (Å²) in [6.07, 6.45) is 9.52. The van der Waals surface area contributed by atoms with E-state index >= 15 is 0 Å². The van der Waals surface area contributed by atoms with E-state index in [2.05, 4.69) is 11.2 Å². The Morgan fingerprint density at radius 2 is 2.32 bits per heavy atom. The predicted molar refractivity (Wildman–Crippen MR) is 81.4 cm³/mol. The molecular weight excluding hydrogens is 282 g/mol. The van der Waals surface area contributed by atoms with Crippen LogP contribution in [0.15, 0.2) is 24.0 Å². The summed E-state index contributed by atoms with van der Waals surface area (Å²) in [7, 11) is 1.81. The van der Waals surface area contributed by atoms with Crippen molar-refractivity contribution in [1.82, 2.24) is 14.7 Å². The fourth-order valence-corrected chi connectivity index (χ4v) is 3.08. The van der Waals surface area contributed by atoms with E-state index in [1.165, 1.54) is 18.4 Å². The molecule has 6 heteroatoms. The lowest BCUT2D eigenvalue weighted by Gasteiger charge is -2.18. The van der Waals surface area contributed by atoms with Gasteiger partial charge in [0.05, 0.1) is 25.5 Å². The lowest BCUT2D eigenvalue weighted by Crippen LogP contribution is -2.31. The topological polar surface area (TPSA) is 67.6 Å². The first-order chi connectivity index (χ1) is 10.6. The third-order valence-corrected chi connectivity index (χ3v) is 4.32. The molecule has 3 rings (SSSR count). The maximum atomic E-state index is 12.4. The summed E-state index contributed by atoms with van der Waals surface area (Å²) in [6.45, 7) is 0.777. The number of aryl methyl sites for hydroxylation is 1. The van der Waals surface area contributed by atoms with E-state index in [-0.39, 0.29) is 12.0 Å². The Bertz CT molecular complexity index is 567. The van der Waals surface area contributed by atoms with Crippen molar-refractivity contribution in [3.05, 3.63) is 24.0 Å². The predicted octanol–water partition coefficient (Wildman–Crippen LogP) is 1.26. The number of aliphatic hydroxyl groups excluding tert-OH is 1. The number of amides is 1. The summed E-state index contributed by atoms with van der Waals surface area (Å²) in [5.41, 5.74) is 1.24. The second kappa shape index (κ2) is 6.52. The minimum absolute atomic E-state index is 0.0875. The minimum Gasteiger partial charge on any atom is -0.482 e. The van der Waals surface area contributed by atoms with Gasteiger partial charge in [-0.05, 0) is 25.7 Å². The Hall–Kier alpha value is -1.82. The number of β-amino-alcohol motifs (C(OH)–C–C–N with tert-alkyl or cyclic N) is 1. The molecule has 2 aliphatic rings. The van der Waals surface area contributed by atoms with Crippen molar-refractivity contribution >= 4 is 5.91 Å². The first-order valence-electron chi connectivity index (χ1n) is 7.91. The number of nitrogens with zero attached hydrogens (tertiary/aromatic N) is 3. The number of ether oxygens (including phenoxy) is 1. The van der Waals surface area contributed by atoms with E-state index in [9.17, 15) is 9.90 Å². The molecule has 0 unspecified atom stereocenters. The second-order valence-electron chi connectivity index (χ2n) is 6.16. The average molecular weight is 305 g/mol. The highest BCUT2D eigenvalue weighted by Gasteiger charge is 2.35. The third kappa shape index (κ3) is 3.50. The van der Waals surface area contributed by atoms with Crippen molar-refractivity contribution in [2.24, 2.45) is 7.05 Å². The Morgan fingerprint density at radius 1 is 1.45 bits per heavy atom. The van der Waals surface area contributed by atoms with Gasteiger partial charge in [-0.25, -0.2) is 0 Å². The van der Waals surface area contributed by atoms with E-state index in [0.29, 0.717) is 25.3 Å². The largest absolute Gasteiger partial charge is 0.482 e. The van der Waals surface area contributed by atoms with Gasteiger partial charge in [-0.3, -0.25) is 9.48 Å². The number of likely N-dealkylation sites (tertiary alicyclic amines) is 1. The average Bonchev–Trinajstić information content (AvgIpc) is 3.07. The van der Waals surface area contributed by atoms with Gasteiger partial charge in [0.15, 0.2) is 5.75 Å². The van der Waals surface area contributed by atoms with Gasteiger partial charge in [-0.2, -0.15) is 5.10 Å². The summed E-state index contributed by atoms with van der Waals surface area (Å²) < 4.78 is 7.38. The van der Waals surface area contributed by atoms with Gasteiger partial charge in [0.2, 0.25) is 5.91 Å². The van der Waals surface area contributed by atoms with Crippen molar-refractivity contribution in [2.75, 3.05) is 13.1 Å². The van der Waals surface area contributed by atoms with Gasteiger partial charge in [0.1, 0.15) is 12.2 Å². The molecular formula is C16H23N3O3. The van der Waals surface area contributed by atoms with Gasteiger partial charge >= 0.3 is 0 Å². The number of rotatable bonds is 4. The normalized spacial score (nSPS) is 25.2. The maximum Gasteiger partial charge on any atom is 0.226 e. The molecule has 120 valence electrons. The molecule has 2 heterocycles. The van der Waals surface area contributed by atoms with Crippen LogP contribution in [0.1, 0.15) is 32.1 Å². The van der Waals surface area contributed by atoms with E-state index in [0.717, 1.165) is 12.8 Å². The minimum atomic E-state index is -0.649. The van der Waals surface area contributed by atoms with Crippen molar-refractivity contribution in [3.8, 4) is 5.75 Å². The van der Waals surface area contributed by atoms with Gasteiger partial charge in [-0.15, -0.1) is 0 Å². The van der Waals surface area contributed by atoms with Crippen LogP contribution in [0, 0.1) is 0 Å². The standard InChI is InChI=1S/C16H23N3O3/c1-18-9-13(8-17-18)22-15-11-19(10-14(15)20)16(21)7-12-5-3-2-4-6-12/h5,8-9,14-15,20H,2-4,6-7,10-11H2,1H3/t14-,15-/m1/s1. The Labute approximate surface area is 130 Å². The van der Waals surface area contributed by atoms with E-state index in [1.807, 2.05) is 7.05 Å². The van der Waals surface area contributed by atoms with Crippen molar-refractivity contribution in [2.45, 2.75) is 44.3 Å². The Balaban J connectivity index is 1.55. The molecule has 0 spiro atoms. The molecule has 1 aliphatic carbocycles. The molecule has 22 heavy (non-hydrogen) atoms. The van der Waals surface area contributed by atoms with Crippen LogP contribution in [-0.4, -0.2) is 51.0 Å². The van der Waals surface area contributed by atoms with Crippen LogP contribution in [0.5, 0.6) is 5.75 Å². The van der Waals surface area contributed by atoms with Crippen LogP contribution < -0.4 is 4.74 Å². The van der Waals surface area contributed by atoms with Crippen molar-refractivity contribution in [3.63, 3.8) is 0 Å². The molecule has 0 aromatic carbocycles. The summed E-state index contributed by atoms with van der Waals surface area (Å²) in [4.78, 5) is 14.1. The van der Waals surface area contributed by atoms with Crippen LogP contribution >= 0.6 is 0 Å². The van der Waals surface area contributed by atoms with E-state index in [1.54, 1.807) is 22.0 Å². The zero-order valence-electron chi connectivity index (χ0n) is 12.9. The van der Waals surface area contributed by atoms with E-state index < -0.39 is 6.10 Å². The van der Waals surface area contributed by atoms with Crippen LogP contribution in [0.4, 0.5) is 0 Å². The van der Waals surface area contributed by atoms with Gasteiger partial charge in [0, 0.05) is 13.5 Å². The molecule has 1 aromatic rings. The van der Waals surface area contributed by atoms with Crippen molar-refractivity contribution < 1.29 is 14.6 Å². The van der Waals surface area contributed by atoms with Crippen LogP contribution in [0.2, 0.25) is 0 Å². The molecule has 1 aliphatic heterocycles. The SMILES string of the molecule is Cn1cc(O[C@@H]2CN(C(=O)CC3=CCCCC3)C[C@H]2O)cn1. The van der Waals surface area contributed by atoms with E-state index in [4.69, 9.17) is 4.74 Å². The Morgan fingerprint density at radius 3 is 3.00 bits per heavy atom. The van der Waals surface area contributed by atoms with Crippen LogP contribution in [0.25, 0.3) is 0 Å². The fraction of sp³-hybridized carbons (Fsp3) is 0.625. The van der Waals surface area contributed by atoms with Crippen LogP contribution in [-0.2, 0) is 11.8 Å². The lowest BCUT2D eigenvalue weighted by molar-refractivity contribution is -0.129. The lowest BCUT2D eigenvalue weighted by atomic mass is 9.97. The number of carbonyl (C=O) groups is 1. The molecule has 1 N–H and O–H groups in total. The molecule has 1 aromatic heterocycles. The van der Waals surface area contributed by atoms with Gasteiger partial charge < -0.3 is 14.7 Å². The smallest absolute Gasteiger partial charge is 0.226 e. The molecule has 1 amide bonds. The Kier molecular flexibility index (Phi) is 4.47. The highest BCUT2D eigenvalue weighted by Crippen LogP contribution is 2.23. The number of hydrogen-bond acceptors (Lipinski definition) is 4. The highest BCUT2D eigenvalue weighted by atomic mass is 16.5. The number of aliphatic hydroxyl groups is 1. The summed E-state index contributed by atoms with van der Waals surface area (Å²) in [5.74, 6) is 0.709. The first kappa shape index (κ1) is 15.1. The zero-order valence-corrected chi connectivity index (χ0v) is 12.9. The highest BCUT2D eigenvalue weighted by molar-refractivity contribution is 5.79. The zero-order chi connectivity index (χ0) is 15.5. The fourth-order valence-electron chi connectivity index (χ4n) is 3.08. The third-order valence-electron chi connectivity index (χ3n) is 4.32. The number of aromatic nitrogens is 2. The van der Waals surface area contributed by atoms with Crippen molar-refractivity contribution in [1.29, 1.82) is 0 Å². The molecule has 1 fully saturated rings. The van der Waals surface area contributed by atoms with Crippen LogP contribution in [0.3, 0.4) is 0 Å². The number of carbonyl (C=O) groups excluding carboxylic acids is 1. The number of allylic oxidation sites excluding steroid dienone is 1. The molecule has 0 saturated carbocycles. The number of hydrogen-bond donors (Lipinski definition) is 1. The summed E-state index contributed by atoms with van der Waals surface area (Å²) in [5, 5.41) is 14.2. The summed E-state index contributed by atoms with van der Waals surface area (Å²) >= 11 is 0.